The number of aryl methyl sites for hydroxylation is 1. The number of thiazole rings is 1. The standard InChI is InChI=1S/C22H26N4O3S2/c1-5-29-20(28)19-18(15-9-7-6-8-10-15)26-22(31-19)25-17(27)12-30-21-23-14(4)16(24-21)11-13(2)3/h6-10,13H,5,11-12H2,1-4H3,(H,23,24)(H,25,26,27). The summed E-state index contributed by atoms with van der Waals surface area (Å²) in [5.41, 5.74) is 3.36. The molecule has 2 heterocycles. The summed E-state index contributed by atoms with van der Waals surface area (Å²) in [6, 6.07) is 9.37. The van der Waals surface area contributed by atoms with E-state index in [1.165, 1.54) is 11.8 Å². The van der Waals surface area contributed by atoms with Gasteiger partial charge >= 0.3 is 5.97 Å². The Kier molecular flexibility index (Phi) is 7.86. The Morgan fingerprint density at radius 2 is 1.97 bits per heavy atom. The summed E-state index contributed by atoms with van der Waals surface area (Å²) < 4.78 is 5.16. The number of ether oxygens (including phenoxy) is 1. The number of thioether (sulfide) groups is 1. The topological polar surface area (TPSA) is 97.0 Å². The van der Waals surface area contributed by atoms with Crippen LogP contribution in [0.1, 0.15) is 41.8 Å². The minimum atomic E-state index is -0.447. The van der Waals surface area contributed by atoms with Crippen LogP contribution in [0.2, 0.25) is 0 Å². The van der Waals surface area contributed by atoms with E-state index in [0.29, 0.717) is 21.6 Å². The van der Waals surface area contributed by atoms with Gasteiger partial charge in [-0.2, -0.15) is 0 Å². The molecule has 31 heavy (non-hydrogen) atoms. The van der Waals surface area contributed by atoms with Crippen molar-refractivity contribution in [2.24, 2.45) is 5.92 Å². The highest BCUT2D eigenvalue weighted by atomic mass is 32.2. The number of carbonyl (C=O) groups is 2. The summed E-state index contributed by atoms with van der Waals surface area (Å²) >= 11 is 2.45. The SMILES string of the molecule is CCOC(=O)c1sc(NC(=O)CSc2nc(CC(C)C)c(C)[nH]2)nc1-c1ccccc1. The van der Waals surface area contributed by atoms with Gasteiger partial charge in [0, 0.05) is 11.3 Å². The molecule has 7 nitrogen and oxygen atoms in total. The molecule has 0 bridgehead atoms. The zero-order chi connectivity index (χ0) is 22.4. The van der Waals surface area contributed by atoms with E-state index in [1.54, 1.807) is 6.92 Å². The van der Waals surface area contributed by atoms with Crippen LogP contribution in [0.15, 0.2) is 35.5 Å². The molecule has 2 N–H and O–H groups in total. The lowest BCUT2D eigenvalue weighted by Gasteiger charge is -2.01. The lowest BCUT2D eigenvalue weighted by molar-refractivity contribution is -0.113. The largest absolute Gasteiger partial charge is 0.462 e. The number of aromatic nitrogens is 3. The molecule has 164 valence electrons. The third kappa shape index (κ3) is 6.18. The number of hydrogen-bond donors (Lipinski definition) is 2. The fraction of sp³-hybridized carbons (Fsp3) is 0.364. The van der Waals surface area contributed by atoms with Crippen LogP contribution in [0, 0.1) is 12.8 Å². The molecule has 0 aliphatic carbocycles. The Hall–Kier alpha value is -2.65. The van der Waals surface area contributed by atoms with Crippen molar-refractivity contribution in [1.29, 1.82) is 0 Å². The minimum Gasteiger partial charge on any atom is -0.462 e. The van der Waals surface area contributed by atoms with Gasteiger partial charge in [-0.3, -0.25) is 4.79 Å². The molecule has 0 radical (unpaired) electrons. The van der Waals surface area contributed by atoms with Gasteiger partial charge in [0.25, 0.3) is 0 Å². The molecule has 0 spiro atoms. The lowest BCUT2D eigenvalue weighted by Crippen LogP contribution is -2.13. The normalized spacial score (nSPS) is 11.0. The van der Waals surface area contributed by atoms with Crippen LogP contribution >= 0.6 is 23.1 Å². The third-order valence-corrected chi connectivity index (χ3v) is 6.11. The molecule has 0 saturated carbocycles. The number of carbonyl (C=O) groups excluding carboxylic acids is 2. The fourth-order valence-electron chi connectivity index (χ4n) is 2.91. The Bertz CT molecular complexity index is 1040. The van der Waals surface area contributed by atoms with Gasteiger partial charge in [0.15, 0.2) is 10.3 Å². The molecule has 0 atom stereocenters. The smallest absolute Gasteiger partial charge is 0.350 e. The van der Waals surface area contributed by atoms with E-state index in [-0.39, 0.29) is 18.3 Å². The minimum absolute atomic E-state index is 0.184. The summed E-state index contributed by atoms with van der Waals surface area (Å²) in [6.07, 6.45) is 0.896. The second-order valence-electron chi connectivity index (χ2n) is 7.33. The number of anilines is 1. The van der Waals surface area contributed by atoms with E-state index >= 15 is 0 Å². The van der Waals surface area contributed by atoms with Crippen LogP contribution in [0.4, 0.5) is 5.13 Å². The van der Waals surface area contributed by atoms with Crippen LogP contribution in [0.3, 0.4) is 0 Å². The van der Waals surface area contributed by atoms with Crippen LogP contribution < -0.4 is 5.32 Å². The Labute approximate surface area is 190 Å². The van der Waals surface area contributed by atoms with Gasteiger partial charge in [-0.25, -0.2) is 14.8 Å². The molecule has 0 aliphatic rings. The molecule has 1 amide bonds. The Morgan fingerprint density at radius 1 is 1.23 bits per heavy atom. The molecular weight excluding hydrogens is 432 g/mol. The van der Waals surface area contributed by atoms with Crippen LogP contribution in [0.5, 0.6) is 0 Å². The molecule has 0 aliphatic heterocycles. The van der Waals surface area contributed by atoms with E-state index in [4.69, 9.17) is 4.74 Å². The number of esters is 1. The van der Waals surface area contributed by atoms with Crippen molar-refractivity contribution in [1.82, 2.24) is 15.0 Å². The van der Waals surface area contributed by atoms with E-state index in [1.807, 2.05) is 37.3 Å². The summed E-state index contributed by atoms with van der Waals surface area (Å²) in [5, 5.41) is 3.88. The summed E-state index contributed by atoms with van der Waals surface area (Å²) in [6.45, 7) is 8.31. The van der Waals surface area contributed by atoms with E-state index in [9.17, 15) is 9.59 Å². The van der Waals surface area contributed by atoms with Crippen molar-refractivity contribution in [3.8, 4) is 11.3 Å². The number of H-pyrrole nitrogens is 1. The molecular formula is C22H26N4O3S2. The number of amides is 1. The lowest BCUT2D eigenvalue weighted by atomic mass is 10.1. The van der Waals surface area contributed by atoms with Gasteiger partial charge < -0.3 is 15.0 Å². The van der Waals surface area contributed by atoms with Gasteiger partial charge in [0.2, 0.25) is 5.91 Å². The third-order valence-electron chi connectivity index (χ3n) is 4.29. The fourth-order valence-corrected chi connectivity index (χ4v) is 4.55. The van der Waals surface area contributed by atoms with E-state index < -0.39 is 5.97 Å². The first-order chi connectivity index (χ1) is 14.9. The number of hydrogen-bond acceptors (Lipinski definition) is 7. The van der Waals surface area contributed by atoms with Gasteiger partial charge in [0.05, 0.1) is 23.7 Å². The molecule has 0 saturated heterocycles. The maximum Gasteiger partial charge on any atom is 0.350 e. The summed E-state index contributed by atoms with van der Waals surface area (Å²) in [4.78, 5) is 37.5. The average Bonchev–Trinajstić information content (AvgIpc) is 3.30. The summed E-state index contributed by atoms with van der Waals surface area (Å²) in [7, 11) is 0. The first-order valence-corrected chi connectivity index (χ1v) is 11.9. The van der Waals surface area contributed by atoms with Crippen molar-refractivity contribution in [2.75, 3.05) is 17.7 Å². The van der Waals surface area contributed by atoms with Crippen molar-refractivity contribution >= 4 is 40.1 Å². The number of nitrogens with one attached hydrogen (secondary N) is 2. The van der Waals surface area contributed by atoms with E-state index in [0.717, 1.165) is 39.9 Å². The number of nitrogens with zero attached hydrogens (tertiary/aromatic N) is 2. The molecule has 0 unspecified atom stereocenters. The van der Waals surface area contributed by atoms with Gasteiger partial charge in [0.1, 0.15) is 4.88 Å². The molecule has 1 aromatic carbocycles. The monoisotopic (exact) mass is 458 g/mol. The molecule has 3 rings (SSSR count). The van der Waals surface area contributed by atoms with Crippen molar-refractivity contribution in [3.05, 3.63) is 46.6 Å². The van der Waals surface area contributed by atoms with Crippen molar-refractivity contribution < 1.29 is 14.3 Å². The number of aromatic amines is 1. The molecule has 9 heteroatoms. The van der Waals surface area contributed by atoms with Crippen LogP contribution in [0.25, 0.3) is 11.3 Å². The first kappa shape index (κ1) is 23.0. The van der Waals surface area contributed by atoms with E-state index in [2.05, 4.69) is 34.1 Å². The summed E-state index contributed by atoms with van der Waals surface area (Å²) in [5.74, 6) is 0.0365. The number of rotatable bonds is 9. The molecule has 0 fully saturated rings. The highest BCUT2D eigenvalue weighted by Gasteiger charge is 2.21. The second kappa shape index (κ2) is 10.6. The maximum absolute atomic E-state index is 12.5. The number of benzene rings is 1. The second-order valence-corrected chi connectivity index (χ2v) is 9.29. The van der Waals surface area contributed by atoms with Gasteiger partial charge in [-0.15, -0.1) is 0 Å². The average molecular weight is 459 g/mol. The Morgan fingerprint density at radius 3 is 2.65 bits per heavy atom. The van der Waals surface area contributed by atoms with Crippen molar-refractivity contribution in [3.63, 3.8) is 0 Å². The van der Waals surface area contributed by atoms with Crippen molar-refractivity contribution in [2.45, 2.75) is 39.3 Å². The zero-order valence-corrected chi connectivity index (χ0v) is 19.7. The quantitative estimate of drug-likeness (QED) is 0.348. The highest BCUT2D eigenvalue weighted by Crippen LogP contribution is 2.32. The number of imidazole rings is 1. The van der Waals surface area contributed by atoms with Crippen LogP contribution in [-0.2, 0) is 16.0 Å². The zero-order valence-electron chi connectivity index (χ0n) is 18.0. The van der Waals surface area contributed by atoms with Gasteiger partial charge in [-0.05, 0) is 26.2 Å². The predicted molar refractivity (Wildman–Crippen MR) is 125 cm³/mol. The Balaban J connectivity index is 1.69. The van der Waals surface area contributed by atoms with Gasteiger partial charge in [-0.1, -0.05) is 67.3 Å². The molecule has 3 aromatic rings. The predicted octanol–water partition coefficient (Wildman–Crippen LogP) is 4.95. The van der Waals surface area contributed by atoms with Crippen LogP contribution in [-0.4, -0.2) is 39.2 Å². The highest BCUT2D eigenvalue weighted by molar-refractivity contribution is 7.99. The molecule has 2 aromatic heterocycles. The maximum atomic E-state index is 12.5. The first-order valence-electron chi connectivity index (χ1n) is 10.1.